The van der Waals surface area contributed by atoms with Gasteiger partial charge < -0.3 is 14.6 Å². The first-order chi connectivity index (χ1) is 12.5. The van der Waals surface area contributed by atoms with Gasteiger partial charge in [0.2, 0.25) is 0 Å². The Morgan fingerprint density at radius 1 is 1.31 bits per heavy atom. The maximum atomic E-state index is 11.0. The number of aromatic nitrogens is 1. The number of hydrogen-bond acceptors (Lipinski definition) is 5. The van der Waals surface area contributed by atoms with Crippen molar-refractivity contribution >= 4 is 28.9 Å². The van der Waals surface area contributed by atoms with Crippen molar-refractivity contribution in [2.75, 3.05) is 7.11 Å². The van der Waals surface area contributed by atoms with Crippen LogP contribution < -0.4 is 9.47 Å². The lowest BCUT2D eigenvalue weighted by Gasteiger charge is -2.14. The van der Waals surface area contributed by atoms with Crippen molar-refractivity contribution in [3.63, 3.8) is 0 Å². The van der Waals surface area contributed by atoms with Gasteiger partial charge in [0, 0.05) is 10.9 Å². The summed E-state index contributed by atoms with van der Waals surface area (Å²) in [5.74, 6) is -0.162. The van der Waals surface area contributed by atoms with Gasteiger partial charge >= 0.3 is 5.97 Å². The summed E-state index contributed by atoms with van der Waals surface area (Å²) in [6.45, 7) is 2.38. The summed E-state index contributed by atoms with van der Waals surface area (Å²) >= 11 is 7.62. The molecule has 1 heterocycles. The topological polar surface area (TPSA) is 68.7 Å². The summed E-state index contributed by atoms with van der Waals surface area (Å²) in [7, 11) is 1.53. The Balaban J connectivity index is 1.88. The van der Waals surface area contributed by atoms with Crippen LogP contribution in [0.2, 0.25) is 5.02 Å². The largest absolute Gasteiger partial charge is 0.493 e. The lowest BCUT2D eigenvalue weighted by molar-refractivity contribution is 0.0691. The molecule has 5 nitrogen and oxygen atoms in total. The lowest BCUT2D eigenvalue weighted by atomic mass is 10.1. The van der Waals surface area contributed by atoms with Crippen LogP contribution in [-0.4, -0.2) is 23.2 Å². The molecule has 0 amide bonds. The number of carbonyl (C=O) groups is 1. The molecule has 0 aliphatic rings. The molecule has 0 spiro atoms. The molecule has 0 aliphatic heterocycles. The first-order valence-electron chi connectivity index (χ1n) is 7.73. The van der Waals surface area contributed by atoms with Gasteiger partial charge in [-0.15, -0.1) is 11.3 Å². The Bertz CT molecular complexity index is 954. The number of benzene rings is 2. The number of aromatic carboxylic acids is 1. The first kappa shape index (κ1) is 18.2. The second-order valence-electron chi connectivity index (χ2n) is 5.61. The molecule has 134 valence electrons. The van der Waals surface area contributed by atoms with Crippen LogP contribution in [0, 0.1) is 6.92 Å². The Morgan fingerprint density at radius 2 is 2.12 bits per heavy atom. The predicted octanol–water partition coefficient (Wildman–Crippen LogP) is 5.06. The number of halogens is 1. The van der Waals surface area contributed by atoms with Crippen molar-refractivity contribution in [3.05, 3.63) is 63.6 Å². The van der Waals surface area contributed by atoms with Gasteiger partial charge in [-0.2, -0.15) is 0 Å². The summed E-state index contributed by atoms with van der Waals surface area (Å²) in [6.07, 6.45) is 0. The molecule has 26 heavy (non-hydrogen) atoms. The van der Waals surface area contributed by atoms with E-state index >= 15 is 0 Å². The average Bonchev–Trinajstić information content (AvgIpc) is 3.10. The zero-order valence-electron chi connectivity index (χ0n) is 14.2. The van der Waals surface area contributed by atoms with E-state index in [2.05, 4.69) is 4.98 Å². The van der Waals surface area contributed by atoms with Crippen LogP contribution >= 0.6 is 22.9 Å². The number of methoxy groups -OCH3 is 1. The Kier molecular flexibility index (Phi) is 5.44. The predicted molar refractivity (Wildman–Crippen MR) is 102 cm³/mol. The van der Waals surface area contributed by atoms with Gasteiger partial charge in [-0.25, -0.2) is 9.78 Å². The fraction of sp³-hybridized carbons (Fsp3) is 0.158. The van der Waals surface area contributed by atoms with Crippen LogP contribution in [0.4, 0.5) is 0 Å². The third-order valence-electron chi connectivity index (χ3n) is 3.67. The molecule has 0 atom stereocenters. The monoisotopic (exact) mass is 389 g/mol. The summed E-state index contributed by atoms with van der Waals surface area (Å²) < 4.78 is 11.3. The summed E-state index contributed by atoms with van der Waals surface area (Å²) in [5.41, 5.74) is 2.85. The van der Waals surface area contributed by atoms with Gasteiger partial charge in [0.1, 0.15) is 11.6 Å². The van der Waals surface area contributed by atoms with Crippen LogP contribution in [0.1, 0.15) is 21.6 Å². The molecule has 0 aliphatic carbocycles. The highest BCUT2D eigenvalue weighted by Crippen LogP contribution is 2.40. The maximum Gasteiger partial charge on any atom is 0.355 e. The smallest absolute Gasteiger partial charge is 0.355 e. The fourth-order valence-corrected chi connectivity index (χ4v) is 3.49. The number of carboxylic acids is 1. The van der Waals surface area contributed by atoms with Gasteiger partial charge in [-0.1, -0.05) is 41.4 Å². The van der Waals surface area contributed by atoms with Crippen LogP contribution in [0.15, 0.2) is 41.8 Å². The second kappa shape index (κ2) is 7.76. The molecule has 0 saturated carbocycles. The van der Waals surface area contributed by atoms with Crippen LogP contribution in [0.5, 0.6) is 11.5 Å². The van der Waals surface area contributed by atoms with Crippen molar-refractivity contribution in [2.45, 2.75) is 13.5 Å². The number of thiazole rings is 1. The van der Waals surface area contributed by atoms with Gasteiger partial charge in [-0.05, 0) is 24.6 Å². The highest BCUT2D eigenvalue weighted by atomic mass is 35.5. The summed E-state index contributed by atoms with van der Waals surface area (Å²) in [4.78, 5) is 15.1. The molecule has 7 heteroatoms. The van der Waals surface area contributed by atoms with Gasteiger partial charge in [0.15, 0.2) is 17.2 Å². The number of nitrogens with zero attached hydrogens (tertiary/aromatic N) is 1. The van der Waals surface area contributed by atoms with Gasteiger partial charge in [0.25, 0.3) is 0 Å². The average molecular weight is 390 g/mol. The molecule has 2 aromatic carbocycles. The molecule has 1 aromatic heterocycles. The number of rotatable bonds is 6. The minimum absolute atomic E-state index is 0.000127. The Labute approximate surface area is 159 Å². The molecular formula is C19H16ClNO4S. The first-order valence-corrected chi connectivity index (χ1v) is 8.98. The number of aryl methyl sites for hydroxylation is 1. The highest BCUT2D eigenvalue weighted by Gasteiger charge is 2.16. The lowest BCUT2D eigenvalue weighted by Crippen LogP contribution is -1.99. The van der Waals surface area contributed by atoms with E-state index in [9.17, 15) is 4.79 Å². The van der Waals surface area contributed by atoms with Crippen LogP contribution in [0.3, 0.4) is 0 Å². The van der Waals surface area contributed by atoms with E-state index in [1.165, 1.54) is 23.8 Å². The molecule has 0 bridgehead atoms. The summed E-state index contributed by atoms with van der Waals surface area (Å²) in [5, 5.41) is 11.4. The van der Waals surface area contributed by atoms with E-state index in [1.807, 2.05) is 31.2 Å². The van der Waals surface area contributed by atoms with Crippen LogP contribution in [-0.2, 0) is 6.61 Å². The van der Waals surface area contributed by atoms with Crippen LogP contribution in [0.25, 0.3) is 10.6 Å². The Morgan fingerprint density at radius 3 is 2.77 bits per heavy atom. The zero-order chi connectivity index (χ0) is 18.7. The number of ether oxygens (including phenoxy) is 2. The minimum atomic E-state index is -1.07. The molecule has 0 fully saturated rings. The normalized spacial score (nSPS) is 10.6. The second-order valence-corrected chi connectivity index (χ2v) is 6.88. The zero-order valence-corrected chi connectivity index (χ0v) is 15.7. The van der Waals surface area contributed by atoms with E-state index in [-0.39, 0.29) is 5.69 Å². The van der Waals surface area contributed by atoms with E-state index in [0.29, 0.717) is 33.7 Å². The Hall–Kier alpha value is -2.57. The number of hydrogen-bond donors (Lipinski definition) is 1. The van der Waals surface area contributed by atoms with Crippen molar-refractivity contribution in [3.8, 4) is 22.1 Å². The molecule has 3 rings (SSSR count). The summed E-state index contributed by atoms with van der Waals surface area (Å²) in [6, 6.07) is 11.4. The third kappa shape index (κ3) is 3.98. The van der Waals surface area contributed by atoms with Crippen molar-refractivity contribution < 1.29 is 19.4 Å². The molecular weight excluding hydrogens is 374 g/mol. The fourth-order valence-electron chi connectivity index (χ4n) is 2.45. The third-order valence-corrected chi connectivity index (χ3v) is 4.84. The van der Waals surface area contributed by atoms with Gasteiger partial charge in [-0.3, -0.25) is 0 Å². The van der Waals surface area contributed by atoms with E-state index < -0.39 is 5.97 Å². The van der Waals surface area contributed by atoms with E-state index in [1.54, 1.807) is 12.1 Å². The standard InChI is InChI=1S/C19H16ClNO4S/c1-11-4-3-5-12(6-11)9-25-17-14(20)7-13(8-16(17)24-2)18-21-15(10-26-18)19(22)23/h3-8,10H,9H2,1-2H3,(H,22,23). The quantitative estimate of drug-likeness (QED) is 0.638. The van der Waals surface area contributed by atoms with Gasteiger partial charge in [0.05, 0.1) is 12.1 Å². The number of carboxylic acid groups (broad SMARTS) is 1. The molecule has 0 saturated heterocycles. The van der Waals surface area contributed by atoms with Crippen molar-refractivity contribution in [2.24, 2.45) is 0 Å². The SMILES string of the molecule is COc1cc(-c2nc(C(=O)O)cs2)cc(Cl)c1OCc1cccc(C)c1. The molecule has 1 N–H and O–H groups in total. The van der Waals surface area contributed by atoms with E-state index in [0.717, 1.165) is 11.1 Å². The molecule has 0 unspecified atom stereocenters. The molecule has 0 radical (unpaired) electrons. The molecule has 3 aromatic rings. The minimum Gasteiger partial charge on any atom is -0.493 e. The van der Waals surface area contributed by atoms with Crippen molar-refractivity contribution in [1.29, 1.82) is 0 Å². The van der Waals surface area contributed by atoms with E-state index in [4.69, 9.17) is 26.2 Å². The highest BCUT2D eigenvalue weighted by molar-refractivity contribution is 7.13. The van der Waals surface area contributed by atoms with Crippen molar-refractivity contribution in [1.82, 2.24) is 4.98 Å². The maximum absolute atomic E-state index is 11.0.